The Hall–Kier alpha value is -3.56. The number of carbonyl (C=O) groups excluding carboxylic acids is 1. The number of nitrogens with zero attached hydrogens (tertiary/aromatic N) is 4. The Morgan fingerprint density at radius 2 is 2.06 bits per heavy atom. The first-order valence-electron chi connectivity index (χ1n) is 10.6. The fraction of sp³-hybridized carbons (Fsp3) is 0.333. The maximum atomic E-state index is 14.9. The number of rotatable bonds is 5. The van der Waals surface area contributed by atoms with Gasteiger partial charge in [-0.2, -0.15) is 13.2 Å². The van der Waals surface area contributed by atoms with Crippen LogP contribution in [-0.4, -0.2) is 47.0 Å². The number of amidine groups is 1. The molecule has 2 heterocycles. The molecule has 1 saturated heterocycles. The van der Waals surface area contributed by atoms with E-state index in [1.54, 1.807) is 26.0 Å². The lowest BCUT2D eigenvalue weighted by atomic mass is 9.97. The van der Waals surface area contributed by atoms with Crippen LogP contribution in [0.5, 0.6) is 5.88 Å². The number of amides is 1. The molecule has 1 amide bonds. The summed E-state index contributed by atoms with van der Waals surface area (Å²) in [7, 11) is 0. The number of aromatic nitrogens is 1. The van der Waals surface area contributed by atoms with E-state index in [-0.39, 0.29) is 22.8 Å². The second-order valence-corrected chi connectivity index (χ2v) is 7.68. The van der Waals surface area contributed by atoms with Gasteiger partial charge in [0.15, 0.2) is 5.84 Å². The number of hydrogen-bond donors (Lipinski definition) is 0. The van der Waals surface area contributed by atoms with Gasteiger partial charge in [0.25, 0.3) is 5.91 Å². The molecule has 1 aliphatic rings. The Balaban J connectivity index is 1.86. The molecule has 6 nitrogen and oxygen atoms in total. The fourth-order valence-corrected chi connectivity index (χ4v) is 3.74. The Kier molecular flexibility index (Phi) is 7.80. The average molecular weight is 476 g/mol. The summed E-state index contributed by atoms with van der Waals surface area (Å²) in [5, 5.41) is 0. The second-order valence-electron chi connectivity index (χ2n) is 7.68. The number of aliphatic imine (C=N–C) groups is 2. The minimum atomic E-state index is -4.50. The van der Waals surface area contributed by atoms with E-state index >= 15 is 0 Å². The van der Waals surface area contributed by atoms with Crippen LogP contribution in [0.1, 0.15) is 48.2 Å². The van der Waals surface area contributed by atoms with Crippen molar-refractivity contribution in [2.45, 2.75) is 45.0 Å². The summed E-state index contributed by atoms with van der Waals surface area (Å²) in [5.41, 5.74) is -0.859. The van der Waals surface area contributed by atoms with Gasteiger partial charge in [0.05, 0.1) is 17.2 Å². The molecule has 0 aliphatic carbocycles. The number of ether oxygens (including phenoxy) is 1. The summed E-state index contributed by atoms with van der Waals surface area (Å²) in [6.07, 6.45) is -0.0929. The molecule has 0 unspecified atom stereocenters. The van der Waals surface area contributed by atoms with E-state index in [4.69, 9.17) is 4.74 Å². The summed E-state index contributed by atoms with van der Waals surface area (Å²) in [6.45, 7) is 7.32. The van der Waals surface area contributed by atoms with Gasteiger partial charge in [-0.25, -0.2) is 19.4 Å². The second kappa shape index (κ2) is 10.6. The largest absolute Gasteiger partial charge is 0.472 e. The Labute approximate surface area is 194 Å². The molecule has 180 valence electrons. The molecule has 3 rings (SSSR count). The van der Waals surface area contributed by atoms with Gasteiger partial charge in [-0.05, 0) is 45.5 Å². The van der Waals surface area contributed by atoms with E-state index in [0.29, 0.717) is 25.6 Å². The van der Waals surface area contributed by atoms with Gasteiger partial charge in [0.2, 0.25) is 5.88 Å². The van der Waals surface area contributed by atoms with Crippen LogP contribution in [0.15, 0.2) is 58.8 Å². The maximum absolute atomic E-state index is 14.9. The van der Waals surface area contributed by atoms with Crippen molar-refractivity contribution in [1.82, 2.24) is 9.88 Å². The molecule has 1 aliphatic heterocycles. The van der Waals surface area contributed by atoms with Crippen LogP contribution in [0.3, 0.4) is 0 Å². The number of benzene rings is 1. The lowest BCUT2D eigenvalue weighted by Crippen LogP contribution is -2.51. The Morgan fingerprint density at radius 1 is 1.29 bits per heavy atom. The van der Waals surface area contributed by atoms with E-state index in [1.807, 2.05) is 0 Å². The van der Waals surface area contributed by atoms with Crippen molar-refractivity contribution in [1.29, 1.82) is 0 Å². The summed E-state index contributed by atoms with van der Waals surface area (Å²) in [6, 6.07) is 5.72. The first-order valence-corrected chi connectivity index (χ1v) is 10.6. The smallest absolute Gasteiger partial charge is 0.417 e. The minimum absolute atomic E-state index is 0.0161. The molecule has 0 bridgehead atoms. The zero-order chi connectivity index (χ0) is 24.9. The zero-order valence-corrected chi connectivity index (χ0v) is 18.7. The highest BCUT2D eigenvalue weighted by Gasteiger charge is 2.36. The van der Waals surface area contributed by atoms with E-state index in [0.717, 1.165) is 12.1 Å². The molecule has 1 aromatic heterocycles. The molecule has 1 fully saturated rings. The first-order chi connectivity index (χ1) is 16.2. The van der Waals surface area contributed by atoms with Crippen molar-refractivity contribution in [2.75, 3.05) is 6.54 Å². The Morgan fingerprint density at radius 3 is 2.68 bits per heavy atom. The number of likely N-dealkylation sites (tertiary alicyclic amines) is 1. The molecule has 1 aromatic carbocycles. The topological polar surface area (TPSA) is 67.2 Å². The van der Waals surface area contributed by atoms with Crippen LogP contribution < -0.4 is 4.74 Å². The van der Waals surface area contributed by atoms with Crippen LogP contribution >= 0.6 is 0 Å². The van der Waals surface area contributed by atoms with Gasteiger partial charge in [0.1, 0.15) is 11.9 Å². The predicted octanol–water partition coefficient (Wildman–Crippen LogP) is 5.29. The highest BCUT2D eigenvalue weighted by molar-refractivity contribution is 6.11. The molecular formula is C24H24F4N4O2. The van der Waals surface area contributed by atoms with Crippen LogP contribution in [0.25, 0.3) is 0 Å². The van der Waals surface area contributed by atoms with Crippen molar-refractivity contribution < 1.29 is 27.1 Å². The third kappa shape index (κ3) is 5.49. The van der Waals surface area contributed by atoms with Crippen LogP contribution in [0.2, 0.25) is 0 Å². The van der Waals surface area contributed by atoms with Crippen LogP contribution in [0, 0.1) is 5.82 Å². The molecule has 34 heavy (non-hydrogen) atoms. The monoisotopic (exact) mass is 476 g/mol. The van der Waals surface area contributed by atoms with Gasteiger partial charge < -0.3 is 9.64 Å². The number of alkyl halides is 3. The van der Waals surface area contributed by atoms with Gasteiger partial charge in [0, 0.05) is 30.6 Å². The molecular weight excluding hydrogens is 452 g/mol. The van der Waals surface area contributed by atoms with Crippen molar-refractivity contribution >= 4 is 18.5 Å². The molecule has 10 heteroatoms. The van der Waals surface area contributed by atoms with Gasteiger partial charge in [-0.1, -0.05) is 18.2 Å². The van der Waals surface area contributed by atoms with Gasteiger partial charge in [-0.15, -0.1) is 0 Å². The summed E-state index contributed by atoms with van der Waals surface area (Å²) >= 11 is 0. The molecule has 2 aromatic rings. The number of halogens is 4. The van der Waals surface area contributed by atoms with Crippen LogP contribution in [-0.2, 0) is 6.18 Å². The van der Waals surface area contributed by atoms with E-state index in [2.05, 4.69) is 21.7 Å². The molecule has 0 radical (unpaired) electrons. The maximum Gasteiger partial charge on any atom is 0.417 e. The van der Waals surface area contributed by atoms with Gasteiger partial charge in [-0.3, -0.25) is 4.79 Å². The zero-order valence-electron chi connectivity index (χ0n) is 18.7. The quantitative estimate of drug-likeness (QED) is 0.335. The van der Waals surface area contributed by atoms with E-state index in [9.17, 15) is 22.4 Å². The number of hydrogen-bond acceptors (Lipinski definition) is 4. The lowest BCUT2D eigenvalue weighted by molar-refractivity contribution is -0.137. The Bertz CT molecular complexity index is 1100. The van der Waals surface area contributed by atoms with Crippen molar-refractivity contribution in [3.63, 3.8) is 0 Å². The first kappa shape index (κ1) is 25.1. The standard InChI is InChI=1S/C24H24F4N4O2/c1-4-12-30-22(29-3)17-7-5-8-18(25)21(17)23(33)32-13-6-9-19(15(32)2)34-20-11-10-16(14-31-20)24(26,27)28/h4-5,7-8,10-12,14-15,19H,3,6,9,13H2,1-2H3/b12-4-,30-22?/t15-,19+/m0/s1. The van der Waals surface area contributed by atoms with Crippen molar-refractivity contribution in [2.24, 2.45) is 9.98 Å². The van der Waals surface area contributed by atoms with Crippen molar-refractivity contribution in [3.8, 4) is 5.88 Å². The molecule has 0 N–H and O–H groups in total. The van der Waals surface area contributed by atoms with E-state index < -0.39 is 35.6 Å². The number of carbonyl (C=O) groups is 1. The predicted molar refractivity (Wildman–Crippen MR) is 121 cm³/mol. The highest BCUT2D eigenvalue weighted by atomic mass is 19.4. The SMILES string of the molecule is C=NC(=N/C=C\C)c1cccc(F)c1C(=O)N1CCC[C@@H](Oc2ccc(C(F)(F)F)cn2)[C@@H]1C. The number of allylic oxidation sites excluding steroid dienone is 1. The lowest BCUT2D eigenvalue weighted by Gasteiger charge is -2.39. The number of pyridine rings is 1. The third-order valence-electron chi connectivity index (χ3n) is 5.48. The molecule has 2 atom stereocenters. The highest BCUT2D eigenvalue weighted by Crippen LogP contribution is 2.30. The minimum Gasteiger partial charge on any atom is -0.472 e. The third-order valence-corrected chi connectivity index (χ3v) is 5.48. The molecule has 0 spiro atoms. The summed E-state index contributed by atoms with van der Waals surface area (Å²) < 4.78 is 59.0. The fourth-order valence-electron chi connectivity index (χ4n) is 3.74. The normalized spacial score (nSPS) is 19.4. The van der Waals surface area contributed by atoms with Crippen molar-refractivity contribution in [3.05, 3.63) is 71.3 Å². The van der Waals surface area contributed by atoms with E-state index in [1.165, 1.54) is 23.2 Å². The van der Waals surface area contributed by atoms with Gasteiger partial charge >= 0.3 is 6.18 Å². The molecule has 0 saturated carbocycles. The average Bonchev–Trinajstić information content (AvgIpc) is 2.80. The van der Waals surface area contributed by atoms with Crippen LogP contribution in [0.4, 0.5) is 17.6 Å². The summed E-state index contributed by atoms with van der Waals surface area (Å²) in [4.78, 5) is 26.7. The summed E-state index contributed by atoms with van der Waals surface area (Å²) in [5.74, 6) is -1.17. The number of piperidine rings is 1.